The lowest BCUT2D eigenvalue weighted by Crippen LogP contribution is -2.48. The Morgan fingerprint density at radius 1 is 1.10 bits per heavy atom. The van der Waals surface area contributed by atoms with Gasteiger partial charge in [0.25, 0.3) is 5.91 Å². The lowest BCUT2D eigenvalue weighted by Gasteiger charge is -2.34. The van der Waals surface area contributed by atoms with E-state index < -0.39 is 0 Å². The summed E-state index contributed by atoms with van der Waals surface area (Å²) in [6.45, 7) is 3.60. The Labute approximate surface area is 185 Å². The van der Waals surface area contributed by atoms with Crippen LogP contribution < -0.4 is 4.74 Å². The maximum atomic E-state index is 12.9. The first-order valence-corrected chi connectivity index (χ1v) is 10.4. The van der Waals surface area contributed by atoms with Crippen molar-refractivity contribution in [3.05, 3.63) is 69.8 Å². The lowest BCUT2D eigenvalue weighted by atomic mass is 10.1. The molecule has 0 aliphatic carbocycles. The molecule has 0 atom stereocenters. The Morgan fingerprint density at radius 3 is 2.63 bits per heavy atom. The molecule has 0 radical (unpaired) electrons. The molecule has 2 aromatic carbocycles. The molecule has 3 aromatic rings. The minimum absolute atomic E-state index is 0.0409. The molecule has 4 rings (SSSR count). The van der Waals surface area contributed by atoms with Gasteiger partial charge in [-0.3, -0.25) is 14.8 Å². The van der Waals surface area contributed by atoms with Gasteiger partial charge in [0.15, 0.2) is 0 Å². The maximum Gasteiger partial charge on any atom is 0.271 e. The third-order valence-electron chi connectivity index (χ3n) is 5.24. The molecule has 1 saturated heterocycles. The van der Waals surface area contributed by atoms with Crippen LogP contribution in [0.5, 0.6) is 5.75 Å². The van der Waals surface area contributed by atoms with Crippen LogP contribution in [0.25, 0.3) is 11.3 Å². The van der Waals surface area contributed by atoms with Crippen LogP contribution in [-0.2, 0) is 6.54 Å². The van der Waals surface area contributed by atoms with Crippen LogP contribution in [0.3, 0.4) is 0 Å². The van der Waals surface area contributed by atoms with Crippen LogP contribution in [0, 0.1) is 0 Å². The Hall–Kier alpha value is -2.54. The van der Waals surface area contributed by atoms with Crippen molar-refractivity contribution in [3.63, 3.8) is 0 Å². The first-order chi connectivity index (χ1) is 14.5. The van der Waals surface area contributed by atoms with Crippen molar-refractivity contribution < 1.29 is 9.53 Å². The zero-order valence-electron chi connectivity index (χ0n) is 16.6. The zero-order chi connectivity index (χ0) is 21.1. The summed E-state index contributed by atoms with van der Waals surface area (Å²) >= 11 is 12.3. The zero-order valence-corrected chi connectivity index (χ0v) is 18.1. The van der Waals surface area contributed by atoms with E-state index in [0.717, 1.165) is 36.5 Å². The first-order valence-electron chi connectivity index (χ1n) is 9.69. The molecule has 0 bridgehead atoms. The number of benzene rings is 2. The molecule has 1 amide bonds. The van der Waals surface area contributed by atoms with Gasteiger partial charge in [0, 0.05) is 48.3 Å². The molecule has 1 fully saturated rings. The summed E-state index contributed by atoms with van der Waals surface area (Å²) in [4.78, 5) is 17.0. The molecular formula is C22H22Cl2N4O2. The van der Waals surface area contributed by atoms with E-state index in [1.54, 1.807) is 19.2 Å². The number of hydrogen-bond acceptors (Lipinski definition) is 4. The molecule has 8 heteroatoms. The number of nitrogens with one attached hydrogen (secondary N) is 1. The van der Waals surface area contributed by atoms with Crippen molar-refractivity contribution >= 4 is 29.1 Å². The number of piperazine rings is 1. The van der Waals surface area contributed by atoms with Crippen LogP contribution in [-0.4, -0.2) is 59.2 Å². The normalized spacial score (nSPS) is 14.7. The predicted molar refractivity (Wildman–Crippen MR) is 118 cm³/mol. The van der Waals surface area contributed by atoms with Crippen molar-refractivity contribution in [3.8, 4) is 17.0 Å². The lowest BCUT2D eigenvalue weighted by molar-refractivity contribution is 0.0622. The highest BCUT2D eigenvalue weighted by Crippen LogP contribution is 2.24. The Kier molecular flexibility index (Phi) is 6.27. The van der Waals surface area contributed by atoms with Crippen molar-refractivity contribution in [2.24, 2.45) is 0 Å². The SMILES string of the molecule is COc1cccc(-c2cc(C(=O)N3CCN(Cc4ccc(Cl)cc4Cl)CC3)[nH]n2)c1. The van der Waals surface area contributed by atoms with Crippen LogP contribution in [0.2, 0.25) is 10.0 Å². The molecule has 0 spiro atoms. The number of halogens is 2. The number of carbonyl (C=O) groups is 1. The van der Waals surface area contributed by atoms with Gasteiger partial charge in [-0.15, -0.1) is 0 Å². The summed E-state index contributed by atoms with van der Waals surface area (Å²) in [5.74, 6) is 0.709. The smallest absolute Gasteiger partial charge is 0.271 e. The fourth-order valence-electron chi connectivity index (χ4n) is 3.53. The van der Waals surface area contributed by atoms with Crippen molar-refractivity contribution in [2.45, 2.75) is 6.54 Å². The highest BCUT2D eigenvalue weighted by atomic mass is 35.5. The molecular weight excluding hydrogens is 423 g/mol. The number of rotatable bonds is 5. The quantitative estimate of drug-likeness (QED) is 0.635. The average molecular weight is 445 g/mol. The summed E-state index contributed by atoms with van der Waals surface area (Å²) in [5.41, 5.74) is 3.14. The molecule has 156 valence electrons. The third kappa shape index (κ3) is 4.61. The molecule has 30 heavy (non-hydrogen) atoms. The van der Waals surface area contributed by atoms with Gasteiger partial charge in [-0.2, -0.15) is 5.10 Å². The number of H-pyrrole nitrogens is 1. The predicted octanol–water partition coefficient (Wildman–Crippen LogP) is 4.35. The van der Waals surface area contributed by atoms with Gasteiger partial charge in [0.2, 0.25) is 0 Å². The molecule has 1 aromatic heterocycles. The van der Waals surface area contributed by atoms with E-state index in [-0.39, 0.29) is 5.91 Å². The second-order valence-electron chi connectivity index (χ2n) is 7.20. The number of nitrogens with zero attached hydrogens (tertiary/aromatic N) is 3. The largest absolute Gasteiger partial charge is 0.497 e. The van der Waals surface area contributed by atoms with Crippen molar-refractivity contribution in [2.75, 3.05) is 33.3 Å². The van der Waals surface area contributed by atoms with E-state index >= 15 is 0 Å². The first kappa shape index (κ1) is 20.7. The Balaban J connectivity index is 1.37. The molecule has 1 aliphatic rings. The van der Waals surface area contributed by atoms with Crippen molar-refractivity contribution in [1.82, 2.24) is 20.0 Å². The summed E-state index contributed by atoms with van der Waals surface area (Å²) in [6, 6.07) is 15.0. The van der Waals surface area contributed by atoms with Crippen LogP contribution >= 0.6 is 23.2 Å². The van der Waals surface area contributed by atoms with Gasteiger partial charge >= 0.3 is 0 Å². The number of methoxy groups -OCH3 is 1. The third-order valence-corrected chi connectivity index (χ3v) is 5.83. The molecule has 1 aliphatic heterocycles. The minimum atomic E-state index is -0.0409. The van der Waals surface area contributed by atoms with Crippen LogP contribution in [0.15, 0.2) is 48.5 Å². The van der Waals surface area contributed by atoms with Gasteiger partial charge in [0.05, 0.1) is 12.8 Å². The topological polar surface area (TPSA) is 61.5 Å². The van der Waals surface area contributed by atoms with E-state index in [2.05, 4.69) is 15.1 Å². The van der Waals surface area contributed by atoms with Gasteiger partial charge in [-0.05, 0) is 35.9 Å². The van der Waals surface area contributed by atoms with E-state index in [4.69, 9.17) is 27.9 Å². The fraction of sp³-hybridized carbons (Fsp3) is 0.273. The Morgan fingerprint density at radius 2 is 1.90 bits per heavy atom. The number of amides is 1. The van der Waals surface area contributed by atoms with Crippen molar-refractivity contribution in [1.29, 1.82) is 0 Å². The number of hydrogen-bond donors (Lipinski definition) is 1. The molecule has 0 saturated carbocycles. The number of ether oxygens (including phenoxy) is 1. The summed E-state index contributed by atoms with van der Waals surface area (Å²) < 4.78 is 5.26. The molecule has 6 nitrogen and oxygen atoms in total. The number of carbonyl (C=O) groups excluding carboxylic acids is 1. The van der Waals surface area contributed by atoms with E-state index in [1.807, 2.05) is 41.3 Å². The second kappa shape index (κ2) is 9.08. The number of aromatic nitrogens is 2. The van der Waals surface area contributed by atoms with Gasteiger partial charge < -0.3 is 9.64 Å². The summed E-state index contributed by atoms with van der Waals surface area (Å²) in [7, 11) is 1.62. The van der Waals surface area contributed by atoms with Gasteiger partial charge in [-0.1, -0.05) is 41.4 Å². The summed E-state index contributed by atoms with van der Waals surface area (Å²) in [6.07, 6.45) is 0. The van der Waals surface area contributed by atoms with E-state index in [1.165, 1.54) is 0 Å². The monoisotopic (exact) mass is 444 g/mol. The Bertz CT molecular complexity index is 1050. The highest BCUT2D eigenvalue weighted by Gasteiger charge is 2.24. The second-order valence-corrected chi connectivity index (χ2v) is 8.05. The van der Waals surface area contributed by atoms with Gasteiger partial charge in [-0.25, -0.2) is 0 Å². The molecule has 1 N–H and O–H groups in total. The number of aromatic amines is 1. The van der Waals surface area contributed by atoms with Crippen LogP contribution in [0.1, 0.15) is 16.1 Å². The molecule has 2 heterocycles. The van der Waals surface area contributed by atoms with Crippen LogP contribution in [0.4, 0.5) is 0 Å². The van der Waals surface area contributed by atoms with E-state index in [0.29, 0.717) is 34.5 Å². The highest BCUT2D eigenvalue weighted by molar-refractivity contribution is 6.35. The molecule has 0 unspecified atom stereocenters. The fourth-order valence-corrected chi connectivity index (χ4v) is 4.00. The minimum Gasteiger partial charge on any atom is -0.497 e. The van der Waals surface area contributed by atoms with E-state index in [9.17, 15) is 4.79 Å². The maximum absolute atomic E-state index is 12.9. The standard InChI is InChI=1S/C22H22Cl2N4O2/c1-30-18-4-2-3-15(11-18)20-13-21(26-25-20)22(29)28-9-7-27(8-10-28)14-16-5-6-17(23)12-19(16)24/h2-6,11-13H,7-10,14H2,1H3,(H,25,26). The summed E-state index contributed by atoms with van der Waals surface area (Å²) in [5, 5.41) is 8.48. The van der Waals surface area contributed by atoms with Gasteiger partial charge in [0.1, 0.15) is 11.4 Å². The average Bonchev–Trinajstić information content (AvgIpc) is 3.26.